The lowest BCUT2D eigenvalue weighted by atomic mass is 10.1. The Balaban J connectivity index is 2.05. The molecule has 2 aromatic carbocycles. The number of carbonyl (C=O) groups excluding carboxylic acids is 1. The van der Waals surface area contributed by atoms with Crippen LogP contribution in [0.5, 0.6) is 0 Å². The second-order valence-electron chi connectivity index (χ2n) is 4.31. The van der Waals surface area contributed by atoms with Crippen molar-refractivity contribution in [3.8, 4) is 0 Å². The molecule has 0 bridgehead atoms. The van der Waals surface area contributed by atoms with Crippen molar-refractivity contribution in [1.82, 2.24) is 0 Å². The summed E-state index contributed by atoms with van der Waals surface area (Å²) in [5.74, 6) is -0.466. The summed E-state index contributed by atoms with van der Waals surface area (Å²) in [6, 6.07) is 11.2. The van der Waals surface area contributed by atoms with Gasteiger partial charge in [-0.1, -0.05) is 29.8 Å². The SMILES string of the molecule is Cc1ccc(Cl)cc1NC(=O)Cc1ccc(F)cc1. The maximum absolute atomic E-state index is 12.8. The Hall–Kier alpha value is -1.87. The molecule has 4 heteroatoms. The second kappa shape index (κ2) is 5.85. The molecule has 0 heterocycles. The number of amides is 1. The van der Waals surface area contributed by atoms with Gasteiger partial charge in [0.25, 0.3) is 0 Å². The summed E-state index contributed by atoms with van der Waals surface area (Å²) in [7, 11) is 0. The molecule has 0 radical (unpaired) electrons. The smallest absolute Gasteiger partial charge is 0.228 e. The zero-order valence-corrected chi connectivity index (χ0v) is 11.2. The van der Waals surface area contributed by atoms with Gasteiger partial charge in [0.2, 0.25) is 5.91 Å². The summed E-state index contributed by atoms with van der Waals surface area (Å²) in [6.45, 7) is 1.89. The quantitative estimate of drug-likeness (QED) is 0.904. The topological polar surface area (TPSA) is 29.1 Å². The fraction of sp³-hybridized carbons (Fsp3) is 0.133. The Morgan fingerprint density at radius 2 is 1.89 bits per heavy atom. The number of carbonyl (C=O) groups is 1. The maximum Gasteiger partial charge on any atom is 0.228 e. The molecule has 1 amide bonds. The Bertz CT molecular complexity index is 596. The minimum atomic E-state index is -0.310. The van der Waals surface area contributed by atoms with E-state index in [0.717, 1.165) is 11.1 Å². The van der Waals surface area contributed by atoms with Crippen molar-refractivity contribution in [3.05, 3.63) is 64.4 Å². The predicted molar refractivity (Wildman–Crippen MR) is 74.9 cm³/mol. The maximum atomic E-state index is 12.8. The monoisotopic (exact) mass is 277 g/mol. The predicted octanol–water partition coefficient (Wildman–Crippen LogP) is 3.97. The van der Waals surface area contributed by atoms with E-state index in [1.165, 1.54) is 12.1 Å². The lowest BCUT2D eigenvalue weighted by molar-refractivity contribution is -0.115. The average Bonchev–Trinajstić information content (AvgIpc) is 2.37. The lowest BCUT2D eigenvalue weighted by Gasteiger charge is -2.08. The molecule has 0 aliphatic heterocycles. The molecule has 2 aromatic rings. The molecular formula is C15H13ClFNO. The summed E-state index contributed by atoms with van der Waals surface area (Å²) >= 11 is 5.88. The number of rotatable bonds is 3. The van der Waals surface area contributed by atoms with E-state index in [4.69, 9.17) is 11.6 Å². The van der Waals surface area contributed by atoms with Gasteiger partial charge in [-0.05, 0) is 42.3 Å². The summed E-state index contributed by atoms with van der Waals surface area (Å²) < 4.78 is 12.8. The third-order valence-corrected chi connectivity index (χ3v) is 2.99. The molecule has 2 rings (SSSR count). The first-order chi connectivity index (χ1) is 9.04. The third-order valence-electron chi connectivity index (χ3n) is 2.75. The first-order valence-corrected chi connectivity index (χ1v) is 6.23. The summed E-state index contributed by atoms with van der Waals surface area (Å²) in [4.78, 5) is 11.9. The molecule has 0 aromatic heterocycles. The van der Waals surface area contributed by atoms with E-state index in [2.05, 4.69) is 5.32 Å². The normalized spacial score (nSPS) is 10.3. The van der Waals surface area contributed by atoms with Crippen molar-refractivity contribution in [1.29, 1.82) is 0 Å². The average molecular weight is 278 g/mol. The molecule has 0 saturated carbocycles. The van der Waals surface area contributed by atoms with Crippen LogP contribution in [0.4, 0.5) is 10.1 Å². The van der Waals surface area contributed by atoms with E-state index in [1.54, 1.807) is 24.3 Å². The van der Waals surface area contributed by atoms with Crippen LogP contribution in [-0.2, 0) is 11.2 Å². The minimum Gasteiger partial charge on any atom is -0.326 e. The van der Waals surface area contributed by atoms with Crippen LogP contribution in [-0.4, -0.2) is 5.91 Å². The standard InChI is InChI=1S/C15H13ClFNO/c1-10-2-5-12(16)9-14(10)18-15(19)8-11-3-6-13(17)7-4-11/h2-7,9H,8H2,1H3,(H,18,19). The van der Waals surface area contributed by atoms with Crippen molar-refractivity contribution >= 4 is 23.2 Å². The van der Waals surface area contributed by atoms with Crippen LogP contribution in [0.25, 0.3) is 0 Å². The zero-order valence-electron chi connectivity index (χ0n) is 10.4. The van der Waals surface area contributed by atoms with Gasteiger partial charge in [-0.3, -0.25) is 4.79 Å². The highest BCUT2D eigenvalue weighted by molar-refractivity contribution is 6.31. The Labute approximate surface area is 116 Å². The summed E-state index contributed by atoms with van der Waals surface area (Å²) in [6.07, 6.45) is 0.201. The first kappa shape index (κ1) is 13.6. The van der Waals surface area contributed by atoms with Crippen LogP contribution in [0.3, 0.4) is 0 Å². The number of anilines is 1. The zero-order chi connectivity index (χ0) is 13.8. The molecular weight excluding hydrogens is 265 g/mol. The lowest BCUT2D eigenvalue weighted by Crippen LogP contribution is -2.15. The van der Waals surface area contributed by atoms with E-state index in [0.29, 0.717) is 10.7 Å². The number of nitrogens with one attached hydrogen (secondary N) is 1. The molecule has 98 valence electrons. The second-order valence-corrected chi connectivity index (χ2v) is 4.75. The van der Waals surface area contributed by atoms with Crippen LogP contribution in [0, 0.1) is 12.7 Å². The van der Waals surface area contributed by atoms with Crippen LogP contribution >= 0.6 is 11.6 Å². The van der Waals surface area contributed by atoms with Crippen molar-refractivity contribution in [2.24, 2.45) is 0 Å². The third kappa shape index (κ3) is 3.80. The van der Waals surface area contributed by atoms with Gasteiger partial charge in [-0.15, -0.1) is 0 Å². The van der Waals surface area contributed by atoms with Gasteiger partial charge < -0.3 is 5.32 Å². The number of hydrogen-bond acceptors (Lipinski definition) is 1. The summed E-state index contributed by atoms with van der Waals surface area (Å²) in [5.41, 5.74) is 2.40. The first-order valence-electron chi connectivity index (χ1n) is 5.85. The van der Waals surface area contributed by atoms with Gasteiger partial charge in [-0.2, -0.15) is 0 Å². The van der Waals surface area contributed by atoms with Crippen LogP contribution in [0.1, 0.15) is 11.1 Å². The Morgan fingerprint density at radius 1 is 1.21 bits per heavy atom. The molecule has 0 saturated heterocycles. The molecule has 0 unspecified atom stereocenters. The highest BCUT2D eigenvalue weighted by atomic mass is 35.5. The van der Waals surface area contributed by atoms with Crippen molar-refractivity contribution in [3.63, 3.8) is 0 Å². The molecule has 0 aliphatic rings. The van der Waals surface area contributed by atoms with Crippen molar-refractivity contribution in [2.45, 2.75) is 13.3 Å². The largest absolute Gasteiger partial charge is 0.326 e. The molecule has 2 nitrogen and oxygen atoms in total. The number of aryl methyl sites for hydroxylation is 1. The van der Waals surface area contributed by atoms with Crippen LogP contribution in [0.15, 0.2) is 42.5 Å². The number of hydrogen-bond donors (Lipinski definition) is 1. The number of benzene rings is 2. The summed E-state index contributed by atoms with van der Waals surface area (Å²) in [5, 5.41) is 3.37. The van der Waals surface area contributed by atoms with Gasteiger partial charge in [-0.25, -0.2) is 4.39 Å². The highest BCUT2D eigenvalue weighted by Crippen LogP contribution is 2.20. The molecule has 0 aliphatic carbocycles. The molecule has 0 spiro atoms. The van der Waals surface area contributed by atoms with Gasteiger partial charge in [0.15, 0.2) is 0 Å². The van der Waals surface area contributed by atoms with E-state index in [1.807, 2.05) is 13.0 Å². The number of halogens is 2. The van der Waals surface area contributed by atoms with E-state index < -0.39 is 0 Å². The van der Waals surface area contributed by atoms with Gasteiger partial charge in [0.05, 0.1) is 6.42 Å². The van der Waals surface area contributed by atoms with Gasteiger partial charge >= 0.3 is 0 Å². The van der Waals surface area contributed by atoms with E-state index >= 15 is 0 Å². The fourth-order valence-corrected chi connectivity index (χ4v) is 1.88. The van der Waals surface area contributed by atoms with Crippen LogP contribution < -0.4 is 5.32 Å². The molecule has 19 heavy (non-hydrogen) atoms. The Morgan fingerprint density at radius 3 is 2.58 bits per heavy atom. The fourth-order valence-electron chi connectivity index (χ4n) is 1.71. The molecule has 0 fully saturated rings. The van der Waals surface area contributed by atoms with Crippen molar-refractivity contribution in [2.75, 3.05) is 5.32 Å². The van der Waals surface area contributed by atoms with E-state index in [9.17, 15) is 9.18 Å². The van der Waals surface area contributed by atoms with E-state index in [-0.39, 0.29) is 18.1 Å². The van der Waals surface area contributed by atoms with Crippen LogP contribution in [0.2, 0.25) is 5.02 Å². The van der Waals surface area contributed by atoms with Gasteiger partial charge in [0.1, 0.15) is 5.82 Å². The molecule has 0 atom stereocenters. The van der Waals surface area contributed by atoms with Crippen molar-refractivity contribution < 1.29 is 9.18 Å². The van der Waals surface area contributed by atoms with Gasteiger partial charge in [0, 0.05) is 10.7 Å². The Kier molecular flexibility index (Phi) is 4.17. The minimum absolute atomic E-state index is 0.156. The molecule has 1 N–H and O–H groups in total. The highest BCUT2D eigenvalue weighted by Gasteiger charge is 2.06.